The predicted octanol–water partition coefficient (Wildman–Crippen LogP) is 1.51. The van der Waals surface area contributed by atoms with E-state index in [-0.39, 0.29) is 0 Å². The first-order chi connectivity index (χ1) is 6.45. The Labute approximate surface area is 82.9 Å². The van der Waals surface area contributed by atoms with Gasteiger partial charge in [0, 0.05) is 11.2 Å². The van der Waals surface area contributed by atoms with Crippen LogP contribution in [0.15, 0.2) is 29.2 Å². The summed E-state index contributed by atoms with van der Waals surface area (Å²) < 4.78 is 23.2. The Bertz CT molecular complexity index is 451. The quantitative estimate of drug-likeness (QED) is 0.757. The van der Waals surface area contributed by atoms with Crippen molar-refractivity contribution in [2.75, 3.05) is 13.4 Å². The van der Waals surface area contributed by atoms with Gasteiger partial charge in [-0.2, -0.15) is 0 Å². The van der Waals surface area contributed by atoms with E-state index in [0.29, 0.717) is 10.5 Å². The molecule has 1 rings (SSSR count). The van der Waals surface area contributed by atoms with Crippen molar-refractivity contribution in [2.24, 2.45) is 0 Å². The first-order valence-corrected chi connectivity index (χ1v) is 5.84. The lowest BCUT2D eigenvalue weighted by atomic mass is 10.2. The summed E-state index contributed by atoms with van der Waals surface area (Å²) in [4.78, 5) is 11.5. The van der Waals surface area contributed by atoms with Crippen LogP contribution in [-0.2, 0) is 14.5 Å². The lowest BCUT2D eigenvalue weighted by Crippen LogP contribution is -2.03. The smallest absolute Gasteiger partial charge is 0.337 e. The van der Waals surface area contributed by atoms with Crippen molar-refractivity contribution in [3.8, 4) is 0 Å². The summed E-state index contributed by atoms with van der Waals surface area (Å²) in [5, 5.41) is 0. The molecule has 14 heavy (non-hydrogen) atoms. The molecule has 1 unspecified atom stereocenters. The number of nitrogens with one attached hydrogen (secondary N) is 1. The Morgan fingerprint density at radius 2 is 2.14 bits per heavy atom. The number of benzene rings is 1. The van der Waals surface area contributed by atoms with Gasteiger partial charge in [-0.05, 0) is 18.2 Å². The molecule has 5 heteroatoms. The lowest BCUT2D eigenvalue weighted by Gasteiger charge is -2.03. The molecule has 0 spiro atoms. The molecule has 0 bridgehead atoms. The molecule has 0 heterocycles. The van der Waals surface area contributed by atoms with Crippen LogP contribution in [0.1, 0.15) is 10.4 Å². The number of esters is 1. The highest BCUT2D eigenvalue weighted by atomic mass is 32.2. The van der Waals surface area contributed by atoms with E-state index < -0.39 is 15.7 Å². The first kappa shape index (κ1) is 10.7. The van der Waals surface area contributed by atoms with Crippen molar-refractivity contribution in [3.05, 3.63) is 29.8 Å². The fourth-order valence-corrected chi connectivity index (χ4v) is 1.67. The number of hydrogen-bond acceptors (Lipinski definition) is 4. The molecular weight excluding hydrogens is 202 g/mol. The summed E-state index contributed by atoms with van der Waals surface area (Å²) in [5.74, 6) is -0.490. The third-order valence-corrected chi connectivity index (χ3v) is 2.86. The van der Waals surface area contributed by atoms with Crippen molar-refractivity contribution >= 4 is 15.7 Å². The SMILES string of the molecule is COC(=O)c1cccc(S(C)(=N)=O)c1. The molecule has 0 radical (unpaired) electrons. The fraction of sp³-hybridized carbons (Fsp3) is 0.222. The van der Waals surface area contributed by atoms with Crippen molar-refractivity contribution in [1.29, 1.82) is 4.78 Å². The zero-order valence-electron chi connectivity index (χ0n) is 7.94. The minimum atomic E-state index is -2.77. The minimum absolute atomic E-state index is 0.312. The van der Waals surface area contributed by atoms with Gasteiger partial charge in [0.2, 0.25) is 0 Å². The summed E-state index contributed by atoms with van der Waals surface area (Å²) in [7, 11) is -1.50. The van der Waals surface area contributed by atoms with Crippen LogP contribution in [0.5, 0.6) is 0 Å². The topological polar surface area (TPSA) is 67.2 Å². The molecular formula is C9H11NO3S. The molecule has 1 aromatic rings. The number of hydrogen-bond donors (Lipinski definition) is 1. The van der Waals surface area contributed by atoms with Crippen LogP contribution in [0.3, 0.4) is 0 Å². The zero-order valence-corrected chi connectivity index (χ0v) is 8.76. The Hall–Kier alpha value is -1.36. The van der Waals surface area contributed by atoms with Gasteiger partial charge in [-0.1, -0.05) is 6.07 Å². The zero-order chi connectivity index (χ0) is 10.8. The highest BCUT2D eigenvalue weighted by molar-refractivity contribution is 7.91. The average Bonchev–Trinajstić information content (AvgIpc) is 2.15. The maximum absolute atomic E-state index is 11.4. The molecule has 0 amide bonds. The van der Waals surface area contributed by atoms with Gasteiger partial charge in [0.05, 0.1) is 22.4 Å². The van der Waals surface area contributed by atoms with Gasteiger partial charge in [-0.3, -0.25) is 0 Å². The minimum Gasteiger partial charge on any atom is -0.465 e. The van der Waals surface area contributed by atoms with E-state index in [2.05, 4.69) is 4.74 Å². The van der Waals surface area contributed by atoms with Crippen LogP contribution in [-0.4, -0.2) is 23.5 Å². The predicted molar refractivity (Wildman–Crippen MR) is 52.8 cm³/mol. The van der Waals surface area contributed by atoms with Crippen LogP contribution in [0, 0.1) is 4.78 Å². The standard InChI is InChI=1S/C9H11NO3S/c1-13-9(11)7-4-3-5-8(6-7)14(2,10)12/h3-6,10H,1-2H3. The lowest BCUT2D eigenvalue weighted by molar-refractivity contribution is 0.0600. The molecule has 0 aliphatic carbocycles. The number of ether oxygens (including phenoxy) is 1. The van der Waals surface area contributed by atoms with E-state index >= 15 is 0 Å². The molecule has 0 saturated carbocycles. The molecule has 1 aromatic carbocycles. The van der Waals surface area contributed by atoms with Crippen LogP contribution in [0.2, 0.25) is 0 Å². The van der Waals surface area contributed by atoms with E-state index in [4.69, 9.17) is 4.78 Å². The number of carbonyl (C=O) groups is 1. The number of methoxy groups -OCH3 is 1. The van der Waals surface area contributed by atoms with Gasteiger partial charge in [0.25, 0.3) is 0 Å². The summed E-state index contributed by atoms with van der Waals surface area (Å²) in [5.41, 5.74) is 0.312. The van der Waals surface area contributed by atoms with E-state index in [0.717, 1.165) is 0 Å². The molecule has 0 aromatic heterocycles. The Balaban J connectivity index is 3.21. The third-order valence-electron chi connectivity index (χ3n) is 1.70. The first-order valence-electron chi connectivity index (χ1n) is 3.87. The largest absolute Gasteiger partial charge is 0.465 e. The molecule has 0 aliphatic heterocycles. The highest BCUT2D eigenvalue weighted by Crippen LogP contribution is 2.12. The van der Waals surface area contributed by atoms with Crippen molar-refractivity contribution in [2.45, 2.75) is 4.90 Å². The Morgan fingerprint density at radius 1 is 1.50 bits per heavy atom. The summed E-state index contributed by atoms with van der Waals surface area (Å²) in [6.07, 6.45) is 1.31. The van der Waals surface area contributed by atoms with Gasteiger partial charge in [0.1, 0.15) is 0 Å². The van der Waals surface area contributed by atoms with Crippen LogP contribution in [0.25, 0.3) is 0 Å². The van der Waals surface area contributed by atoms with Crippen molar-refractivity contribution < 1.29 is 13.7 Å². The van der Waals surface area contributed by atoms with Crippen LogP contribution < -0.4 is 0 Å². The molecule has 1 N–H and O–H groups in total. The number of carbonyl (C=O) groups excluding carboxylic acids is 1. The number of rotatable bonds is 2. The molecule has 76 valence electrons. The fourth-order valence-electron chi connectivity index (χ4n) is 0.983. The normalized spacial score (nSPS) is 14.4. The second-order valence-corrected chi connectivity index (χ2v) is 5.02. The molecule has 4 nitrogen and oxygen atoms in total. The summed E-state index contributed by atoms with van der Waals surface area (Å²) in [6.45, 7) is 0. The second kappa shape index (κ2) is 3.79. The van der Waals surface area contributed by atoms with E-state index in [9.17, 15) is 9.00 Å². The van der Waals surface area contributed by atoms with Crippen molar-refractivity contribution in [3.63, 3.8) is 0 Å². The molecule has 0 aliphatic rings. The second-order valence-electron chi connectivity index (χ2n) is 2.86. The maximum atomic E-state index is 11.4. The molecule has 0 fully saturated rings. The third kappa shape index (κ3) is 2.32. The van der Waals surface area contributed by atoms with Gasteiger partial charge in [-0.15, -0.1) is 0 Å². The maximum Gasteiger partial charge on any atom is 0.337 e. The summed E-state index contributed by atoms with van der Waals surface area (Å²) in [6, 6.07) is 6.11. The van der Waals surface area contributed by atoms with E-state index in [1.165, 1.54) is 19.4 Å². The molecule has 0 saturated heterocycles. The monoisotopic (exact) mass is 213 g/mol. The van der Waals surface area contributed by atoms with Gasteiger partial charge in [0.15, 0.2) is 0 Å². The molecule has 1 atom stereocenters. The van der Waals surface area contributed by atoms with Crippen molar-refractivity contribution in [1.82, 2.24) is 0 Å². The summed E-state index contributed by atoms with van der Waals surface area (Å²) >= 11 is 0. The van der Waals surface area contributed by atoms with Crippen LogP contribution >= 0.6 is 0 Å². The average molecular weight is 213 g/mol. The Morgan fingerprint density at radius 3 is 2.64 bits per heavy atom. The van der Waals surface area contributed by atoms with Gasteiger partial charge < -0.3 is 4.74 Å². The van der Waals surface area contributed by atoms with E-state index in [1.54, 1.807) is 18.2 Å². The van der Waals surface area contributed by atoms with Gasteiger partial charge in [-0.25, -0.2) is 13.8 Å². The highest BCUT2D eigenvalue weighted by Gasteiger charge is 2.08. The van der Waals surface area contributed by atoms with E-state index in [1.807, 2.05) is 0 Å². The van der Waals surface area contributed by atoms with Crippen LogP contribution in [0.4, 0.5) is 0 Å². The Kier molecular flexibility index (Phi) is 2.90. The van der Waals surface area contributed by atoms with Gasteiger partial charge >= 0.3 is 5.97 Å².